The Morgan fingerprint density at radius 1 is 0.917 bits per heavy atom. The molecule has 0 aliphatic carbocycles. The monoisotopic (exact) mass is 535 g/mol. The van der Waals surface area contributed by atoms with Gasteiger partial charge in [0.15, 0.2) is 5.65 Å². The maximum atomic E-state index is 12.8. The highest BCUT2D eigenvalue weighted by molar-refractivity contribution is 7.92. The molecule has 0 unspecified atom stereocenters. The van der Waals surface area contributed by atoms with Gasteiger partial charge in [-0.15, -0.1) is 0 Å². The normalized spacial score (nSPS) is 11.5. The minimum Gasteiger partial charge on any atom is -0.366 e. The highest BCUT2D eigenvalue weighted by atomic mass is 35.5. The number of fused-ring (bicyclic) bond motifs is 1. The van der Waals surface area contributed by atoms with Gasteiger partial charge in [0.05, 0.1) is 10.7 Å². The van der Waals surface area contributed by atoms with Crippen LogP contribution in [0.3, 0.4) is 0 Å². The van der Waals surface area contributed by atoms with E-state index in [0.717, 1.165) is 33.7 Å². The fourth-order valence-electron chi connectivity index (χ4n) is 3.82. The zero-order valence-corrected chi connectivity index (χ0v) is 21.4. The number of halogens is 2. The van der Waals surface area contributed by atoms with Gasteiger partial charge in [0.25, 0.3) is 10.0 Å². The van der Waals surface area contributed by atoms with E-state index in [0.29, 0.717) is 17.3 Å². The summed E-state index contributed by atoms with van der Waals surface area (Å²) in [6.45, 7) is 0.418. The van der Waals surface area contributed by atoms with Crippen molar-refractivity contribution in [2.24, 2.45) is 0 Å². The van der Waals surface area contributed by atoms with Gasteiger partial charge in [0.1, 0.15) is 18.6 Å². The lowest BCUT2D eigenvalue weighted by Gasteiger charge is -2.13. The lowest BCUT2D eigenvalue weighted by Crippen LogP contribution is -2.14. The molecule has 3 aromatic carbocycles. The third-order valence-electron chi connectivity index (χ3n) is 5.58. The smallest absolute Gasteiger partial charge is 0.263 e. The minimum absolute atomic E-state index is 0.0236. The molecule has 0 bridgehead atoms. The Labute approximate surface area is 219 Å². The first kappa shape index (κ1) is 24.2. The predicted molar refractivity (Wildman–Crippen MR) is 148 cm³/mol. The van der Waals surface area contributed by atoms with Gasteiger partial charge in [-0.05, 0) is 41.4 Å². The molecule has 0 spiro atoms. The van der Waals surface area contributed by atoms with Crippen molar-refractivity contribution in [3.8, 4) is 11.3 Å². The average molecular weight is 536 g/mol. The second-order valence-corrected chi connectivity index (χ2v) is 10.6. The van der Waals surface area contributed by atoms with Crippen LogP contribution in [0.2, 0.25) is 10.0 Å². The van der Waals surface area contributed by atoms with Crippen LogP contribution < -0.4 is 15.5 Å². The van der Waals surface area contributed by atoms with Crippen LogP contribution in [-0.4, -0.2) is 30.9 Å². The Morgan fingerprint density at radius 2 is 1.67 bits per heavy atom. The molecule has 11 heteroatoms. The summed E-state index contributed by atoms with van der Waals surface area (Å²) in [6, 6.07) is 22.9. The molecule has 2 heterocycles. The van der Waals surface area contributed by atoms with Crippen LogP contribution in [0, 0.1) is 0 Å². The van der Waals surface area contributed by atoms with Gasteiger partial charge in [-0.1, -0.05) is 65.7 Å². The molecule has 0 aliphatic rings. The summed E-state index contributed by atoms with van der Waals surface area (Å²) in [7, 11) is -1.88. The average Bonchev–Trinajstić information content (AvgIpc) is 3.23. The van der Waals surface area contributed by atoms with Crippen molar-refractivity contribution in [1.82, 2.24) is 14.6 Å². The molecule has 36 heavy (non-hydrogen) atoms. The van der Waals surface area contributed by atoms with E-state index in [-0.39, 0.29) is 9.92 Å². The van der Waals surface area contributed by atoms with Crippen molar-refractivity contribution in [3.05, 3.63) is 101 Å². The Kier molecular flexibility index (Phi) is 6.62. The molecule has 7 nitrogen and oxygen atoms in total. The van der Waals surface area contributed by atoms with E-state index < -0.39 is 10.0 Å². The zero-order chi connectivity index (χ0) is 25.3. The number of benzene rings is 3. The molecular formula is C25H20BCl2N5O2S. The van der Waals surface area contributed by atoms with Gasteiger partial charge >= 0.3 is 0 Å². The van der Waals surface area contributed by atoms with Crippen molar-refractivity contribution in [3.63, 3.8) is 0 Å². The van der Waals surface area contributed by atoms with Crippen LogP contribution in [0.5, 0.6) is 0 Å². The SMILES string of the molecule is Bc1cnn2c(NCc3cccc(NS(=O)(=O)c4ccccc4Cl)c3)cc(-c3ccccc3Cl)nc12. The highest BCUT2D eigenvalue weighted by Gasteiger charge is 2.18. The molecule has 0 saturated heterocycles. The number of hydrogen-bond acceptors (Lipinski definition) is 5. The highest BCUT2D eigenvalue weighted by Crippen LogP contribution is 2.29. The number of sulfonamides is 1. The van der Waals surface area contributed by atoms with Gasteiger partial charge < -0.3 is 5.32 Å². The van der Waals surface area contributed by atoms with Crippen LogP contribution in [-0.2, 0) is 16.6 Å². The van der Waals surface area contributed by atoms with E-state index in [1.54, 1.807) is 47.1 Å². The number of anilines is 2. The standard InChI is InChI=1S/C25H20BCl2N5O2S/c26-19-15-30-33-24(13-22(31-25(19)33)18-8-1-2-9-20(18)27)29-14-16-6-5-7-17(12-16)32-36(34,35)23-11-4-3-10-21(23)28/h1-13,15,29,32H,14,26H2. The Balaban J connectivity index is 1.42. The van der Waals surface area contributed by atoms with E-state index in [2.05, 4.69) is 15.1 Å². The van der Waals surface area contributed by atoms with E-state index in [1.165, 1.54) is 6.07 Å². The maximum Gasteiger partial charge on any atom is 0.263 e. The summed E-state index contributed by atoms with van der Waals surface area (Å²) in [5.74, 6) is 0.727. The van der Waals surface area contributed by atoms with Crippen molar-refractivity contribution in [2.45, 2.75) is 11.4 Å². The van der Waals surface area contributed by atoms with Crippen molar-refractivity contribution < 1.29 is 8.42 Å². The summed E-state index contributed by atoms with van der Waals surface area (Å²) in [6.07, 6.45) is 1.76. The summed E-state index contributed by atoms with van der Waals surface area (Å²) in [5.41, 5.74) is 4.49. The first-order valence-corrected chi connectivity index (χ1v) is 13.3. The van der Waals surface area contributed by atoms with Crippen LogP contribution >= 0.6 is 23.2 Å². The quantitative estimate of drug-likeness (QED) is 0.302. The predicted octanol–water partition coefficient (Wildman–Crippen LogP) is 4.37. The van der Waals surface area contributed by atoms with E-state index in [9.17, 15) is 8.42 Å². The zero-order valence-electron chi connectivity index (χ0n) is 19.1. The fraction of sp³-hybridized carbons (Fsp3) is 0.0400. The third-order valence-corrected chi connectivity index (χ3v) is 7.79. The van der Waals surface area contributed by atoms with E-state index in [4.69, 9.17) is 28.2 Å². The molecule has 0 saturated carbocycles. The van der Waals surface area contributed by atoms with Crippen molar-refractivity contribution >= 4 is 63.7 Å². The molecule has 2 N–H and O–H groups in total. The summed E-state index contributed by atoms with van der Waals surface area (Å²) in [4.78, 5) is 4.78. The molecule has 5 aromatic rings. The van der Waals surface area contributed by atoms with Gasteiger partial charge in [-0.25, -0.2) is 13.4 Å². The van der Waals surface area contributed by atoms with Gasteiger partial charge in [-0.3, -0.25) is 4.72 Å². The van der Waals surface area contributed by atoms with Gasteiger partial charge in [-0.2, -0.15) is 9.61 Å². The van der Waals surface area contributed by atoms with Gasteiger partial charge in [0, 0.05) is 35.1 Å². The van der Waals surface area contributed by atoms with Crippen molar-refractivity contribution in [1.29, 1.82) is 0 Å². The molecule has 180 valence electrons. The Morgan fingerprint density at radius 3 is 2.44 bits per heavy atom. The van der Waals surface area contributed by atoms with Crippen LogP contribution in [0.25, 0.3) is 16.9 Å². The second kappa shape index (κ2) is 9.85. The first-order chi connectivity index (χ1) is 17.3. The molecule has 0 radical (unpaired) electrons. The lowest BCUT2D eigenvalue weighted by molar-refractivity contribution is 0.601. The molecule has 0 amide bonds. The number of nitrogens with one attached hydrogen (secondary N) is 2. The largest absolute Gasteiger partial charge is 0.366 e. The van der Waals surface area contributed by atoms with Gasteiger partial charge in [0.2, 0.25) is 0 Å². The van der Waals surface area contributed by atoms with Crippen LogP contribution in [0.15, 0.2) is 90.0 Å². The van der Waals surface area contributed by atoms with E-state index >= 15 is 0 Å². The molecule has 5 rings (SSSR count). The number of hydrogen-bond donors (Lipinski definition) is 2. The molecule has 2 aromatic heterocycles. The van der Waals surface area contributed by atoms with Crippen LogP contribution in [0.1, 0.15) is 5.56 Å². The lowest BCUT2D eigenvalue weighted by atomic mass is 10.0. The topological polar surface area (TPSA) is 88.4 Å². The summed E-state index contributed by atoms with van der Waals surface area (Å²) < 4.78 is 30.0. The van der Waals surface area contributed by atoms with Crippen LogP contribution in [0.4, 0.5) is 11.5 Å². The minimum atomic E-state index is -3.83. The fourth-order valence-corrected chi connectivity index (χ4v) is 5.62. The van der Waals surface area contributed by atoms with Crippen molar-refractivity contribution in [2.75, 3.05) is 10.0 Å². The molecular weight excluding hydrogens is 516 g/mol. The number of nitrogens with zero attached hydrogens (tertiary/aromatic N) is 3. The van der Waals surface area contributed by atoms with E-state index in [1.807, 2.05) is 44.2 Å². The molecule has 0 atom stereocenters. The second-order valence-electron chi connectivity index (χ2n) is 8.16. The third kappa shape index (κ3) is 4.90. The molecule has 0 aliphatic heterocycles. The maximum absolute atomic E-state index is 12.8. The number of rotatable bonds is 7. The summed E-state index contributed by atoms with van der Waals surface area (Å²) >= 11 is 12.5. The Hall–Kier alpha value is -3.53. The number of aromatic nitrogens is 3. The Bertz CT molecular complexity index is 1690. The molecule has 0 fully saturated rings. The first-order valence-electron chi connectivity index (χ1n) is 11.0. The summed E-state index contributed by atoms with van der Waals surface area (Å²) in [5, 5.41) is 8.61.